The molecule has 1 heterocycles. The molecule has 0 aromatic carbocycles. The van der Waals surface area contributed by atoms with E-state index in [0.29, 0.717) is 18.5 Å². The number of ketones is 1. The summed E-state index contributed by atoms with van der Waals surface area (Å²) in [6.07, 6.45) is 1.97. The van der Waals surface area contributed by atoms with Crippen molar-refractivity contribution in [3.63, 3.8) is 0 Å². The number of nitrogens with one attached hydrogen (secondary N) is 1. The number of hydrogen-bond donors (Lipinski definition) is 2. The molecule has 0 unspecified atom stereocenters. The summed E-state index contributed by atoms with van der Waals surface area (Å²) in [5, 5.41) is 11.0. The first-order chi connectivity index (χ1) is 4.72. The van der Waals surface area contributed by atoms with Crippen LogP contribution in [0, 0.1) is 0 Å². The summed E-state index contributed by atoms with van der Waals surface area (Å²) in [7, 11) is 0. The predicted octanol–water partition coefficient (Wildman–Crippen LogP) is -0.483. The molecule has 0 aliphatic carbocycles. The molecule has 0 saturated carbocycles. The number of carbonyl (C=O) groups is 2. The Kier molecular flexibility index (Phi) is 1.71. The Hall–Kier alpha value is -1.32. The Morgan fingerprint density at radius 3 is 2.70 bits per heavy atom. The maximum atomic E-state index is 10.6. The number of carboxylic acid groups (broad SMARTS) is 1. The fourth-order valence-corrected chi connectivity index (χ4v) is 0.791. The molecule has 0 amide bonds. The Balaban J connectivity index is 2.65. The van der Waals surface area contributed by atoms with E-state index in [4.69, 9.17) is 5.11 Å². The highest BCUT2D eigenvalue weighted by atomic mass is 16.4. The van der Waals surface area contributed by atoms with Crippen LogP contribution in [0.5, 0.6) is 0 Å². The van der Waals surface area contributed by atoms with Gasteiger partial charge >= 0.3 is 5.97 Å². The lowest BCUT2D eigenvalue weighted by atomic mass is 10.1. The van der Waals surface area contributed by atoms with Crippen molar-refractivity contribution in [2.24, 2.45) is 0 Å². The second-order valence-corrected chi connectivity index (χ2v) is 2.01. The molecule has 0 aromatic heterocycles. The minimum absolute atomic E-state index is 0.354. The van der Waals surface area contributed by atoms with E-state index in [1.165, 1.54) is 6.20 Å². The number of aliphatic carboxylic acids is 1. The molecule has 0 bridgehead atoms. The molecule has 4 heteroatoms. The zero-order valence-corrected chi connectivity index (χ0v) is 5.26. The first kappa shape index (κ1) is 6.80. The van der Waals surface area contributed by atoms with Crippen molar-refractivity contribution in [2.45, 2.75) is 6.42 Å². The maximum absolute atomic E-state index is 10.6. The van der Waals surface area contributed by atoms with Gasteiger partial charge in [0.1, 0.15) is 0 Å². The van der Waals surface area contributed by atoms with Crippen molar-refractivity contribution >= 4 is 11.8 Å². The zero-order valence-electron chi connectivity index (χ0n) is 5.26. The number of rotatable bonds is 2. The standard InChI is InChI=1S/C6H7NO3/c8-5(6(9)10)4-1-2-7-3-4/h3,7H,1-2H2,(H,9,10). The fraction of sp³-hybridized carbons (Fsp3) is 0.333. The van der Waals surface area contributed by atoms with E-state index >= 15 is 0 Å². The van der Waals surface area contributed by atoms with Gasteiger partial charge in [0.25, 0.3) is 5.78 Å². The molecule has 0 radical (unpaired) electrons. The molecule has 54 valence electrons. The van der Waals surface area contributed by atoms with E-state index in [9.17, 15) is 9.59 Å². The van der Waals surface area contributed by atoms with Gasteiger partial charge in [-0.15, -0.1) is 0 Å². The number of hydrogen-bond acceptors (Lipinski definition) is 3. The Morgan fingerprint density at radius 1 is 1.60 bits per heavy atom. The van der Waals surface area contributed by atoms with Crippen molar-refractivity contribution in [3.8, 4) is 0 Å². The summed E-state index contributed by atoms with van der Waals surface area (Å²) in [6, 6.07) is 0. The summed E-state index contributed by atoms with van der Waals surface area (Å²) < 4.78 is 0. The second-order valence-electron chi connectivity index (χ2n) is 2.01. The number of carbonyl (C=O) groups excluding carboxylic acids is 1. The molecule has 0 aromatic rings. The summed E-state index contributed by atoms with van der Waals surface area (Å²) in [6.45, 7) is 0.661. The smallest absolute Gasteiger partial charge is 0.376 e. The van der Waals surface area contributed by atoms with Crippen molar-refractivity contribution in [1.82, 2.24) is 5.32 Å². The summed E-state index contributed by atoms with van der Waals surface area (Å²) in [5.74, 6) is -2.18. The SMILES string of the molecule is O=C(O)C(=O)C1=CNCC1. The molecule has 1 aliphatic rings. The van der Waals surface area contributed by atoms with Crippen LogP contribution in [-0.4, -0.2) is 23.4 Å². The number of carboxylic acids is 1. The van der Waals surface area contributed by atoms with Gasteiger partial charge in [0.2, 0.25) is 0 Å². The van der Waals surface area contributed by atoms with Crippen molar-refractivity contribution in [1.29, 1.82) is 0 Å². The number of Topliss-reactive ketones (excluding diaryl/α,β-unsaturated/α-hetero) is 1. The van der Waals surface area contributed by atoms with Crippen molar-refractivity contribution in [2.75, 3.05) is 6.54 Å². The lowest BCUT2D eigenvalue weighted by Crippen LogP contribution is -2.13. The van der Waals surface area contributed by atoms with E-state index in [1.54, 1.807) is 0 Å². The third-order valence-corrected chi connectivity index (χ3v) is 1.30. The monoisotopic (exact) mass is 141 g/mol. The minimum atomic E-state index is -1.38. The van der Waals surface area contributed by atoms with E-state index in [-0.39, 0.29) is 0 Å². The molecule has 0 spiro atoms. The van der Waals surface area contributed by atoms with Gasteiger partial charge in [-0.3, -0.25) is 4.79 Å². The highest BCUT2D eigenvalue weighted by Gasteiger charge is 2.19. The summed E-state index contributed by atoms with van der Waals surface area (Å²) >= 11 is 0. The largest absolute Gasteiger partial charge is 0.475 e. The topological polar surface area (TPSA) is 66.4 Å². The van der Waals surface area contributed by atoms with Gasteiger partial charge in [0.05, 0.1) is 0 Å². The quantitative estimate of drug-likeness (QED) is 0.509. The van der Waals surface area contributed by atoms with E-state index in [0.717, 1.165) is 0 Å². The fourth-order valence-electron chi connectivity index (χ4n) is 0.791. The molecule has 0 atom stereocenters. The molecule has 10 heavy (non-hydrogen) atoms. The van der Waals surface area contributed by atoms with Crippen LogP contribution in [0.1, 0.15) is 6.42 Å². The van der Waals surface area contributed by atoms with Crippen LogP contribution >= 0.6 is 0 Å². The van der Waals surface area contributed by atoms with Crippen LogP contribution in [0.25, 0.3) is 0 Å². The maximum Gasteiger partial charge on any atom is 0.376 e. The van der Waals surface area contributed by atoms with Gasteiger partial charge in [0, 0.05) is 18.3 Å². The molecule has 0 fully saturated rings. The normalized spacial score (nSPS) is 15.8. The van der Waals surface area contributed by atoms with Gasteiger partial charge in [-0.2, -0.15) is 0 Å². The average Bonchev–Trinajstić information content (AvgIpc) is 2.36. The molecule has 2 N–H and O–H groups in total. The van der Waals surface area contributed by atoms with Gasteiger partial charge in [0.15, 0.2) is 0 Å². The lowest BCUT2D eigenvalue weighted by molar-refractivity contribution is -0.147. The highest BCUT2D eigenvalue weighted by molar-refractivity contribution is 6.39. The van der Waals surface area contributed by atoms with Gasteiger partial charge in [-0.05, 0) is 6.42 Å². The van der Waals surface area contributed by atoms with Crippen LogP contribution in [0.3, 0.4) is 0 Å². The molecule has 4 nitrogen and oxygen atoms in total. The van der Waals surface area contributed by atoms with Crippen LogP contribution in [0.4, 0.5) is 0 Å². The first-order valence-electron chi connectivity index (χ1n) is 2.92. The van der Waals surface area contributed by atoms with E-state index < -0.39 is 11.8 Å². The van der Waals surface area contributed by atoms with Crippen molar-refractivity contribution < 1.29 is 14.7 Å². The van der Waals surface area contributed by atoms with Crippen LogP contribution < -0.4 is 5.32 Å². The highest BCUT2D eigenvalue weighted by Crippen LogP contribution is 2.05. The van der Waals surface area contributed by atoms with Gasteiger partial charge < -0.3 is 10.4 Å². The first-order valence-corrected chi connectivity index (χ1v) is 2.92. The third-order valence-electron chi connectivity index (χ3n) is 1.30. The molecular formula is C6H7NO3. The van der Waals surface area contributed by atoms with Crippen molar-refractivity contribution in [3.05, 3.63) is 11.8 Å². The van der Waals surface area contributed by atoms with E-state index in [2.05, 4.69) is 5.32 Å². The van der Waals surface area contributed by atoms with Gasteiger partial charge in [-0.1, -0.05) is 0 Å². The molecule has 0 saturated heterocycles. The zero-order chi connectivity index (χ0) is 7.56. The minimum Gasteiger partial charge on any atom is -0.475 e. The summed E-state index contributed by atoms with van der Waals surface area (Å²) in [4.78, 5) is 20.7. The second kappa shape index (κ2) is 2.51. The average molecular weight is 141 g/mol. The van der Waals surface area contributed by atoms with Crippen LogP contribution in [0.15, 0.2) is 11.8 Å². The van der Waals surface area contributed by atoms with Crippen LogP contribution in [0.2, 0.25) is 0 Å². The third kappa shape index (κ3) is 1.15. The Labute approximate surface area is 57.5 Å². The molecular weight excluding hydrogens is 134 g/mol. The van der Waals surface area contributed by atoms with Gasteiger partial charge in [-0.25, -0.2) is 4.79 Å². The molecule has 1 rings (SSSR count). The van der Waals surface area contributed by atoms with E-state index in [1.807, 2.05) is 0 Å². The Bertz CT molecular complexity index is 207. The summed E-state index contributed by atoms with van der Waals surface area (Å²) in [5.41, 5.74) is 0.354. The van der Waals surface area contributed by atoms with Crippen LogP contribution in [-0.2, 0) is 9.59 Å². The lowest BCUT2D eigenvalue weighted by Gasteiger charge is -1.90. The molecule has 1 aliphatic heterocycles. The Morgan fingerprint density at radius 2 is 2.30 bits per heavy atom. The predicted molar refractivity (Wildman–Crippen MR) is 33.3 cm³/mol.